The van der Waals surface area contributed by atoms with Crippen molar-refractivity contribution in [3.63, 3.8) is 0 Å². The van der Waals surface area contributed by atoms with Crippen LogP contribution in [-0.4, -0.2) is 28.0 Å². The van der Waals surface area contributed by atoms with Gasteiger partial charge in [0.05, 0.1) is 0 Å². The van der Waals surface area contributed by atoms with Gasteiger partial charge in [-0.3, -0.25) is 4.79 Å². The average Bonchev–Trinajstić information content (AvgIpc) is 3.35. The first-order valence-corrected chi connectivity index (χ1v) is 10.7. The molecule has 4 rings (SSSR count). The van der Waals surface area contributed by atoms with Gasteiger partial charge in [-0.2, -0.15) is 0 Å². The molecule has 1 heterocycles. The van der Waals surface area contributed by atoms with E-state index in [2.05, 4.69) is 30.8 Å². The average molecular weight is 359 g/mol. The monoisotopic (exact) mass is 358 g/mol. The Labute approximate surface area is 157 Å². The van der Waals surface area contributed by atoms with Crippen LogP contribution in [-0.2, 0) is 0 Å². The molecule has 3 fully saturated rings. The molecule has 4 heteroatoms. The molecule has 3 saturated carbocycles. The minimum atomic E-state index is 0.115. The number of hydrogen-bond acceptors (Lipinski definition) is 3. The van der Waals surface area contributed by atoms with Crippen LogP contribution in [0.2, 0.25) is 0 Å². The number of carbonyl (C=O) groups excluding carboxylic acids is 1. The van der Waals surface area contributed by atoms with Gasteiger partial charge in [-0.05, 0) is 62.7 Å². The highest BCUT2D eigenvalue weighted by atomic mass is 16.5. The molecule has 1 aromatic rings. The highest BCUT2D eigenvalue weighted by molar-refractivity contribution is 5.92. The molecule has 3 aliphatic rings. The minimum absolute atomic E-state index is 0.115. The van der Waals surface area contributed by atoms with E-state index in [4.69, 9.17) is 4.52 Å². The van der Waals surface area contributed by atoms with Gasteiger partial charge < -0.3 is 9.42 Å². The molecule has 0 saturated heterocycles. The number of amides is 1. The number of aromatic nitrogens is 1. The molecule has 0 aliphatic heterocycles. The van der Waals surface area contributed by atoms with E-state index >= 15 is 0 Å². The van der Waals surface area contributed by atoms with Gasteiger partial charge in [0.2, 0.25) is 0 Å². The van der Waals surface area contributed by atoms with Crippen LogP contribution in [0.3, 0.4) is 0 Å². The van der Waals surface area contributed by atoms with Gasteiger partial charge in [0.25, 0.3) is 5.91 Å². The van der Waals surface area contributed by atoms with Crippen molar-refractivity contribution in [2.45, 2.75) is 103 Å². The molecule has 144 valence electrons. The largest absolute Gasteiger partial charge is 0.360 e. The van der Waals surface area contributed by atoms with Gasteiger partial charge >= 0.3 is 0 Å². The Morgan fingerprint density at radius 3 is 2.46 bits per heavy atom. The summed E-state index contributed by atoms with van der Waals surface area (Å²) >= 11 is 0. The van der Waals surface area contributed by atoms with Crippen LogP contribution < -0.4 is 0 Å². The lowest BCUT2D eigenvalue weighted by molar-refractivity contribution is 0.0239. The smallest absolute Gasteiger partial charge is 0.276 e. The van der Waals surface area contributed by atoms with E-state index in [-0.39, 0.29) is 5.91 Å². The van der Waals surface area contributed by atoms with Gasteiger partial charge in [0, 0.05) is 24.1 Å². The van der Waals surface area contributed by atoms with Gasteiger partial charge in [-0.25, -0.2) is 0 Å². The second kappa shape index (κ2) is 7.01. The quantitative estimate of drug-likeness (QED) is 0.709. The molecular formula is C22H34N2O2. The van der Waals surface area contributed by atoms with Crippen molar-refractivity contribution >= 4 is 5.91 Å². The fourth-order valence-corrected chi connectivity index (χ4v) is 5.04. The molecule has 1 amide bonds. The van der Waals surface area contributed by atoms with Crippen molar-refractivity contribution in [1.82, 2.24) is 10.1 Å². The Balaban J connectivity index is 1.57. The van der Waals surface area contributed by atoms with E-state index in [1.54, 1.807) is 0 Å². The van der Waals surface area contributed by atoms with Gasteiger partial charge in [-0.1, -0.05) is 38.8 Å². The van der Waals surface area contributed by atoms with E-state index in [1.165, 1.54) is 44.9 Å². The fraction of sp³-hybridized carbons (Fsp3) is 0.818. The first-order chi connectivity index (χ1) is 12.4. The molecule has 2 atom stereocenters. The lowest BCUT2D eigenvalue weighted by Gasteiger charge is -2.46. The Morgan fingerprint density at radius 1 is 1.12 bits per heavy atom. The summed E-state index contributed by atoms with van der Waals surface area (Å²) < 4.78 is 5.50. The molecule has 1 aromatic heterocycles. The SMILES string of the molecule is CC1CCCCC1N(C(=O)c1cc(C2CC2)on1)C1CCC(C)(C)CC1. The summed E-state index contributed by atoms with van der Waals surface area (Å²) in [6, 6.07) is 2.65. The molecule has 4 nitrogen and oxygen atoms in total. The minimum Gasteiger partial charge on any atom is -0.360 e. The molecule has 2 unspecified atom stereocenters. The fourth-order valence-electron chi connectivity index (χ4n) is 5.04. The summed E-state index contributed by atoms with van der Waals surface area (Å²) in [4.78, 5) is 15.8. The van der Waals surface area contributed by atoms with Crippen LogP contribution in [0.5, 0.6) is 0 Å². The predicted molar refractivity (Wildman–Crippen MR) is 102 cm³/mol. The van der Waals surface area contributed by atoms with E-state index < -0.39 is 0 Å². The normalized spacial score (nSPS) is 29.5. The van der Waals surface area contributed by atoms with Gasteiger partial charge in [0.1, 0.15) is 5.76 Å². The summed E-state index contributed by atoms with van der Waals surface area (Å²) in [5.74, 6) is 2.11. The maximum Gasteiger partial charge on any atom is 0.276 e. The highest BCUT2D eigenvalue weighted by Crippen LogP contribution is 2.42. The van der Waals surface area contributed by atoms with Crippen LogP contribution in [0.25, 0.3) is 0 Å². The maximum atomic E-state index is 13.5. The zero-order chi connectivity index (χ0) is 18.3. The topological polar surface area (TPSA) is 46.3 Å². The zero-order valence-corrected chi connectivity index (χ0v) is 16.7. The predicted octanol–water partition coefficient (Wildman–Crippen LogP) is 5.54. The molecule has 0 bridgehead atoms. The van der Waals surface area contributed by atoms with Gasteiger partial charge in [0.15, 0.2) is 5.69 Å². The Bertz CT molecular complexity index is 636. The van der Waals surface area contributed by atoms with E-state index in [9.17, 15) is 4.79 Å². The highest BCUT2D eigenvalue weighted by Gasteiger charge is 2.40. The van der Waals surface area contributed by atoms with E-state index in [0.717, 1.165) is 25.0 Å². The zero-order valence-electron chi connectivity index (χ0n) is 16.7. The second-order valence-corrected chi connectivity index (χ2v) is 9.83. The van der Waals surface area contributed by atoms with E-state index in [1.807, 2.05) is 6.07 Å². The summed E-state index contributed by atoms with van der Waals surface area (Å²) in [6.07, 6.45) is 11.9. The van der Waals surface area contributed by atoms with Crippen LogP contribution >= 0.6 is 0 Å². The number of hydrogen-bond donors (Lipinski definition) is 0. The lowest BCUT2D eigenvalue weighted by Crippen LogP contribution is -2.52. The first-order valence-electron chi connectivity index (χ1n) is 10.7. The van der Waals surface area contributed by atoms with Crippen molar-refractivity contribution in [2.24, 2.45) is 11.3 Å². The Hall–Kier alpha value is -1.32. The van der Waals surface area contributed by atoms with Crippen LogP contribution in [0, 0.1) is 11.3 Å². The van der Waals surface area contributed by atoms with Crippen LogP contribution in [0.4, 0.5) is 0 Å². The van der Waals surface area contributed by atoms with Gasteiger partial charge in [-0.15, -0.1) is 0 Å². The standard InChI is InChI=1S/C22H34N2O2/c1-15-6-4-5-7-19(15)24(17-10-12-22(2,3)13-11-17)21(25)18-14-20(26-23-18)16-8-9-16/h14-17,19H,4-13H2,1-3H3. The first kappa shape index (κ1) is 18.1. The van der Waals surface area contributed by atoms with Crippen LogP contribution in [0.1, 0.15) is 107 Å². The lowest BCUT2D eigenvalue weighted by atomic mass is 9.74. The number of carbonyl (C=O) groups is 1. The number of rotatable bonds is 4. The molecule has 0 spiro atoms. The summed E-state index contributed by atoms with van der Waals surface area (Å²) in [7, 11) is 0. The van der Waals surface area contributed by atoms with Crippen molar-refractivity contribution in [3.8, 4) is 0 Å². The molecular weight excluding hydrogens is 324 g/mol. The summed E-state index contributed by atoms with van der Waals surface area (Å²) in [5, 5.41) is 4.18. The third kappa shape index (κ3) is 3.70. The van der Waals surface area contributed by atoms with Crippen molar-refractivity contribution in [3.05, 3.63) is 17.5 Å². The van der Waals surface area contributed by atoms with Crippen molar-refractivity contribution in [2.75, 3.05) is 0 Å². The van der Waals surface area contributed by atoms with Crippen molar-refractivity contribution < 1.29 is 9.32 Å². The number of nitrogens with zero attached hydrogens (tertiary/aromatic N) is 2. The molecule has 0 aromatic carbocycles. The molecule has 26 heavy (non-hydrogen) atoms. The van der Waals surface area contributed by atoms with E-state index in [0.29, 0.717) is 35.0 Å². The molecule has 0 radical (unpaired) electrons. The van der Waals surface area contributed by atoms with Crippen molar-refractivity contribution in [1.29, 1.82) is 0 Å². The second-order valence-electron chi connectivity index (χ2n) is 9.83. The Kier molecular flexibility index (Phi) is 4.87. The molecule has 3 aliphatic carbocycles. The third-order valence-electron chi connectivity index (χ3n) is 7.09. The maximum absolute atomic E-state index is 13.5. The summed E-state index contributed by atoms with van der Waals surface area (Å²) in [6.45, 7) is 7.05. The summed E-state index contributed by atoms with van der Waals surface area (Å²) in [5.41, 5.74) is 0.950. The molecule has 0 N–H and O–H groups in total. The Morgan fingerprint density at radius 2 is 1.81 bits per heavy atom. The third-order valence-corrected chi connectivity index (χ3v) is 7.09. The van der Waals surface area contributed by atoms with Crippen LogP contribution in [0.15, 0.2) is 10.6 Å².